The molecule has 3 N–H and O–H groups in total. The molecule has 2 aliphatic heterocycles. The second-order valence-corrected chi connectivity index (χ2v) is 18.8. The van der Waals surface area contributed by atoms with Gasteiger partial charge in [-0.2, -0.15) is 18.4 Å². The number of nitrogens with zero attached hydrogens (tertiary/aromatic N) is 5. The van der Waals surface area contributed by atoms with Gasteiger partial charge < -0.3 is 44.2 Å². The standard InChI is InChI=1S/C49H55F4N7O9S/c1-47(2,3)42(44(64)58-27-34(61)23-39(58)43(63)56-25-30-9-16-36(38(50)21-30)40-26-55-29-69-40)57-41(62)28-67-19-8-18-66-17-6-7-20-68-35-14-12-32(13-15-35)60-46(70)59(45(65)48(60,4)5)33-11-10-31(24-54)37(22-33)49(51,52)53/h9-16,21-22,26,29,34,39,42,61H,6-8,17-20,23,25,27-28H2,1-5H3,(H,56,63)(H,57,62)/t34-,39+,42-/m1/s1. The number of aliphatic hydroxyl groups is 1. The molecule has 3 atom stereocenters. The number of amides is 4. The Balaban J connectivity index is 0.870. The van der Waals surface area contributed by atoms with Gasteiger partial charge in [0.1, 0.15) is 35.8 Å². The summed E-state index contributed by atoms with van der Waals surface area (Å²) in [5.41, 5.74) is -2.61. The van der Waals surface area contributed by atoms with E-state index in [0.29, 0.717) is 56.1 Å². The molecule has 2 saturated heterocycles. The van der Waals surface area contributed by atoms with Crippen molar-refractivity contribution in [3.05, 3.63) is 95.8 Å². The van der Waals surface area contributed by atoms with Crippen LogP contribution in [0, 0.1) is 22.6 Å². The van der Waals surface area contributed by atoms with Gasteiger partial charge in [0.2, 0.25) is 17.7 Å². The number of aromatic nitrogens is 1. The van der Waals surface area contributed by atoms with Crippen LogP contribution >= 0.6 is 12.2 Å². The molecule has 0 bridgehead atoms. The summed E-state index contributed by atoms with van der Waals surface area (Å²) in [5, 5.41) is 25.2. The van der Waals surface area contributed by atoms with Crippen molar-refractivity contribution in [1.29, 1.82) is 5.26 Å². The second-order valence-electron chi connectivity index (χ2n) is 18.4. The number of oxazole rings is 1. The van der Waals surface area contributed by atoms with Gasteiger partial charge in [0, 0.05) is 45.0 Å². The lowest BCUT2D eigenvalue weighted by atomic mass is 9.85. The minimum atomic E-state index is -4.81. The van der Waals surface area contributed by atoms with Crippen molar-refractivity contribution in [2.75, 3.05) is 49.4 Å². The summed E-state index contributed by atoms with van der Waals surface area (Å²) in [7, 11) is 0. The maximum absolute atomic E-state index is 14.8. The van der Waals surface area contributed by atoms with Gasteiger partial charge >= 0.3 is 6.18 Å². The number of carbonyl (C=O) groups excluding carboxylic acids is 4. The Morgan fingerprint density at radius 3 is 2.33 bits per heavy atom. The van der Waals surface area contributed by atoms with Gasteiger partial charge in [0.15, 0.2) is 17.3 Å². The summed E-state index contributed by atoms with van der Waals surface area (Å²) in [4.78, 5) is 61.4. The summed E-state index contributed by atoms with van der Waals surface area (Å²) in [6, 6.07) is 13.7. The number of nitriles is 1. The molecule has 4 amide bonds. The highest BCUT2D eigenvalue weighted by Crippen LogP contribution is 2.40. The molecular formula is C49H55F4N7O9S. The predicted molar refractivity (Wildman–Crippen MR) is 251 cm³/mol. The SMILES string of the molecule is CC(C)(C)[C@H](NC(=O)COCCCOCCCCOc1ccc(N2C(=S)N(c3ccc(C#N)c(C(F)(F)F)c3)C(=O)C2(C)C)cc1)C(=O)N1C[C@H](O)C[C@H]1C(=O)NCc1ccc(-c2cnco2)c(F)c1. The quantitative estimate of drug-likeness (QED) is 0.0482. The smallest absolute Gasteiger partial charge is 0.417 e. The fraction of sp³-hybridized carbons (Fsp3) is 0.449. The number of carbonyl (C=O) groups is 4. The number of nitrogens with one attached hydrogen (secondary N) is 2. The highest BCUT2D eigenvalue weighted by Gasteiger charge is 2.51. The summed E-state index contributed by atoms with van der Waals surface area (Å²) < 4.78 is 78.1. The first kappa shape index (κ1) is 52.9. The fourth-order valence-electron chi connectivity index (χ4n) is 8.02. The average molecular weight is 994 g/mol. The number of β-amino-alcohol motifs (C(OH)–C–C–N with tert-alkyl or cyclic N) is 1. The third kappa shape index (κ3) is 12.6. The lowest BCUT2D eigenvalue weighted by Crippen LogP contribution is -2.58. The molecule has 6 rings (SSSR count). The first-order valence-corrected chi connectivity index (χ1v) is 22.9. The normalized spacial score (nSPS) is 17.4. The van der Waals surface area contributed by atoms with Crippen LogP contribution in [0.5, 0.6) is 5.75 Å². The summed E-state index contributed by atoms with van der Waals surface area (Å²) in [5.74, 6) is -1.87. The van der Waals surface area contributed by atoms with Crippen LogP contribution < -0.4 is 25.2 Å². The average Bonchev–Trinajstić information content (AvgIpc) is 4.03. The monoisotopic (exact) mass is 993 g/mol. The third-order valence-electron chi connectivity index (χ3n) is 11.7. The number of alkyl halides is 3. The van der Waals surface area contributed by atoms with Crippen molar-refractivity contribution in [1.82, 2.24) is 20.5 Å². The Morgan fingerprint density at radius 1 is 0.986 bits per heavy atom. The van der Waals surface area contributed by atoms with Crippen molar-refractivity contribution < 1.29 is 60.5 Å². The van der Waals surface area contributed by atoms with Gasteiger partial charge in [-0.3, -0.25) is 24.1 Å². The molecule has 0 aliphatic carbocycles. The van der Waals surface area contributed by atoms with Crippen molar-refractivity contribution >= 4 is 52.3 Å². The van der Waals surface area contributed by atoms with Gasteiger partial charge in [-0.25, -0.2) is 9.37 Å². The molecule has 3 heterocycles. The van der Waals surface area contributed by atoms with Crippen LogP contribution in [0.4, 0.5) is 28.9 Å². The van der Waals surface area contributed by atoms with Crippen molar-refractivity contribution in [2.24, 2.45) is 5.41 Å². The number of benzene rings is 3. The number of ether oxygens (including phenoxy) is 3. The van der Waals surface area contributed by atoms with E-state index in [1.807, 2.05) is 0 Å². The Labute approximate surface area is 407 Å². The molecule has 2 fully saturated rings. The van der Waals surface area contributed by atoms with Gasteiger partial charge in [-0.15, -0.1) is 0 Å². The minimum absolute atomic E-state index is 0.00867. The van der Waals surface area contributed by atoms with E-state index in [0.717, 1.165) is 17.0 Å². The summed E-state index contributed by atoms with van der Waals surface area (Å²) in [6.07, 6.45) is -1.33. The van der Waals surface area contributed by atoms with Gasteiger partial charge in [-0.1, -0.05) is 26.8 Å². The molecule has 0 unspecified atom stereocenters. The zero-order valence-electron chi connectivity index (χ0n) is 39.3. The zero-order valence-corrected chi connectivity index (χ0v) is 40.1. The Morgan fingerprint density at radius 2 is 1.67 bits per heavy atom. The Bertz CT molecular complexity index is 2560. The van der Waals surface area contributed by atoms with Gasteiger partial charge in [0.05, 0.1) is 47.4 Å². The molecule has 3 aromatic carbocycles. The number of aliphatic hydroxyl groups excluding tert-OH is 1. The van der Waals surface area contributed by atoms with E-state index in [4.69, 9.17) is 30.8 Å². The van der Waals surface area contributed by atoms with Crippen LogP contribution in [-0.4, -0.2) is 107 Å². The number of unbranched alkanes of at least 4 members (excludes halogenated alkanes) is 1. The number of hydrogen-bond acceptors (Lipinski definition) is 12. The number of halogens is 4. The highest BCUT2D eigenvalue weighted by molar-refractivity contribution is 7.81. The third-order valence-corrected chi connectivity index (χ3v) is 12.1. The van der Waals surface area contributed by atoms with Crippen molar-refractivity contribution in [2.45, 2.75) is 96.7 Å². The summed E-state index contributed by atoms with van der Waals surface area (Å²) in [6.45, 7) is 9.52. The Hall–Kier alpha value is -6.47. The maximum atomic E-state index is 14.8. The highest BCUT2D eigenvalue weighted by atomic mass is 32.1. The molecule has 374 valence electrons. The van der Waals surface area contributed by atoms with Crippen LogP contribution in [0.2, 0.25) is 0 Å². The van der Waals surface area contributed by atoms with E-state index in [9.17, 15) is 47.1 Å². The second kappa shape index (κ2) is 22.5. The van der Waals surface area contributed by atoms with E-state index in [2.05, 4.69) is 15.6 Å². The Kier molecular flexibility index (Phi) is 17.0. The zero-order chi connectivity index (χ0) is 51.0. The van der Waals surface area contributed by atoms with Crippen LogP contribution in [-0.2, 0) is 41.4 Å². The van der Waals surface area contributed by atoms with Crippen LogP contribution in [0.15, 0.2) is 77.7 Å². The number of anilines is 2. The van der Waals surface area contributed by atoms with Crippen LogP contribution in [0.25, 0.3) is 11.3 Å². The predicted octanol–water partition coefficient (Wildman–Crippen LogP) is 6.68. The molecule has 16 nitrogen and oxygen atoms in total. The van der Waals surface area contributed by atoms with Gasteiger partial charge in [-0.05, 0) is 111 Å². The van der Waals surface area contributed by atoms with E-state index in [1.54, 1.807) is 69.9 Å². The maximum Gasteiger partial charge on any atom is 0.417 e. The van der Waals surface area contributed by atoms with Crippen LogP contribution in [0.3, 0.4) is 0 Å². The van der Waals surface area contributed by atoms with E-state index in [1.165, 1.54) is 41.8 Å². The fourth-order valence-corrected chi connectivity index (χ4v) is 8.55. The largest absolute Gasteiger partial charge is 0.494 e. The first-order valence-electron chi connectivity index (χ1n) is 22.5. The topological polar surface area (TPSA) is 200 Å². The number of likely N-dealkylation sites (tertiary alicyclic amines) is 1. The number of thiocarbonyl (C=S) groups is 1. The summed E-state index contributed by atoms with van der Waals surface area (Å²) >= 11 is 5.61. The number of rotatable bonds is 20. The molecule has 4 aromatic rings. The first-order chi connectivity index (χ1) is 33.1. The van der Waals surface area contributed by atoms with E-state index in [-0.39, 0.29) is 54.8 Å². The molecule has 0 radical (unpaired) electrons. The molecule has 0 spiro atoms. The molecule has 70 heavy (non-hydrogen) atoms. The molecule has 1 aromatic heterocycles. The van der Waals surface area contributed by atoms with E-state index < -0.39 is 75.9 Å². The lowest BCUT2D eigenvalue weighted by molar-refractivity contribution is -0.144. The minimum Gasteiger partial charge on any atom is -0.494 e. The molecular weight excluding hydrogens is 939 g/mol. The van der Waals surface area contributed by atoms with Crippen molar-refractivity contribution in [3.63, 3.8) is 0 Å². The van der Waals surface area contributed by atoms with Gasteiger partial charge in [0.25, 0.3) is 5.91 Å². The molecule has 2 aliphatic rings. The lowest BCUT2D eigenvalue weighted by Gasteiger charge is -2.35. The van der Waals surface area contributed by atoms with Crippen molar-refractivity contribution in [3.8, 4) is 23.1 Å². The number of hydrogen-bond donors (Lipinski definition) is 3. The molecule has 21 heteroatoms. The van der Waals surface area contributed by atoms with E-state index >= 15 is 0 Å². The molecule has 0 saturated carbocycles. The van der Waals surface area contributed by atoms with Crippen LogP contribution in [0.1, 0.15) is 77.0 Å².